The first-order chi connectivity index (χ1) is 13.1. The number of nitrogens with one attached hydrogen (secondary N) is 1. The second-order valence-electron chi connectivity index (χ2n) is 5.68. The highest BCUT2D eigenvalue weighted by atomic mass is 35.5. The maximum atomic E-state index is 12.0. The van der Waals surface area contributed by atoms with Crippen LogP contribution >= 0.6 is 23.4 Å². The van der Waals surface area contributed by atoms with Crippen LogP contribution in [0.3, 0.4) is 0 Å². The summed E-state index contributed by atoms with van der Waals surface area (Å²) in [5, 5.41) is 13.8. The number of halogens is 1. The van der Waals surface area contributed by atoms with Crippen molar-refractivity contribution in [3.63, 3.8) is 0 Å². The second kappa shape index (κ2) is 8.88. The van der Waals surface area contributed by atoms with E-state index in [1.54, 1.807) is 6.21 Å². The number of carbonyl (C=O) groups is 1. The average Bonchev–Trinajstić information content (AvgIpc) is 3.26. The van der Waals surface area contributed by atoms with Gasteiger partial charge < -0.3 is 9.13 Å². The van der Waals surface area contributed by atoms with Gasteiger partial charge in [-0.1, -0.05) is 23.4 Å². The van der Waals surface area contributed by atoms with Gasteiger partial charge in [-0.05, 0) is 43.3 Å². The number of amides is 1. The molecule has 0 radical (unpaired) electrons. The highest BCUT2D eigenvalue weighted by Gasteiger charge is 2.14. The van der Waals surface area contributed by atoms with Crippen LogP contribution in [-0.4, -0.2) is 37.2 Å². The number of benzene rings is 1. The van der Waals surface area contributed by atoms with Crippen LogP contribution in [0.1, 0.15) is 12.6 Å². The molecule has 2 heterocycles. The molecule has 0 aliphatic heterocycles. The van der Waals surface area contributed by atoms with E-state index in [-0.39, 0.29) is 11.7 Å². The third-order valence-electron chi connectivity index (χ3n) is 3.84. The van der Waals surface area contributed by atoms with Crippen molar-refractivity contribution in [1.29, 1.82) is 0 Å². The molecule has 0 atom stereocenters. The zero-order valence-electron chi connectivity index (χ0n) is 15.0. The maximum Gasteiger partial charge on any atom is 0.250 e. The minimum atomic E-state index is -0.204. The number of thioether (sulfide) groups is 1. The monoisotopic (exact) mass is 402 g/mol. The van der Waals surface area contributed by atoms with E-state index < -0.39 is 0 Å². The normalized spacial score (nSPS) is 11.2. The van der Waals surface area contributed by atoms with Gasteiger partial charge in [0.15, 0.2) is 11.0 Å². The average molecular weight is 403 g/mol. The van der Waals surface area contributed by atoms with E-state index in [4.69, 9.17) is 11.6 Å². The highest BCUT2D eigenvalue weighted by Crippen LogP contribution is 2.24. The van der Waals surface area contributed by atoms with Gasteiger partial charge in [-0.3, -0.25) is 4.79 Å². The smallest absolute Gasteiger partial charge is 0.250 e. The molecule has 9 heteroatoms. The first-order valence-corrected chi connectivity index (χ1v) is 9.70. The third kappa shape index (κ3) is 4.78. The minimum absolute atomic E-state index is 0.198. The van der Waals surface area contributed by atoms with Gasteiger partial charge in [0.1, 0.15) is 0 Å². The Morgan fingerprint density at radius 2 is 2.07 bits per heavy atom. The lowest BCUT2D eigenvalue weighted by molar-refractivity contribution is -0.118. The van der Waals surface area contributed by atoms with Gasteiger partial charge in [0, 0.05) is 30.4 Å². The lowest BCUT2D eigenvalue weighted by atomic mass is 10.2. The summed E-state index contributed by atoms with van der Waals surface area (Å²) in [7, 11) is 1.91. The molecule has 27 heavy (non-hydrogen) atoms. The van der Waals surface area contributed by atoms with Crippen molar-refractivity contribution in [2.24, 2.45) is 12.1 Å². The quantitative estimate of drug-likeness (QED) is 0.374. The van der Waals surface area contributed by atoms with E-state index >= 15 is 0 Å². The molecule has 2 aromatic heterocycles. The predicted molar refractivity (Wildman–Crippen MR) is 108 cm³/mol. The van der Waals surface area contributed by atoms with Crippen molar-refractivity contribution in [3.05, 3.63) is 53.3 Å². The fourth-order valence-electron chi connectivity index (χ4n) is 2.43. The Kier molecular flexibility index (Phi) is 6.31. The Balaban J connectivity index is 1.61. The molecule has 3 aromatic rings. The number of hydrogen-bond acceptors (Lipinski definition) is 5. The van der Waals surface area contributed by atoms with Crippen molar-refractivity contribution in [2.45, 2.75) is 18.6 Å². The number of aromatic nitrogens is 4. The maximum absolute atomic E-state index is 12.0. The van der Waals surface area contributed by atoms with Crippen molar-refractivity contribution in [3.8, 4) is 11.4 Å². The first-order valence-electron chi connectivity index (χ1n) is 8.33. The summed E-state index contributed by atoms with van der Waals surface area (Å²) in [6.07, 6.45) is 3.52. The van der Waals surface area contributed by atoms with Gasteiger partial charge in [0.25, 0.3) is 5.91 Å². The van der Waals surface area contributed by atoms with E-state index in [1.165, 1.54) is 11.8 Å². The Morgan fingerprint density at radius 1 is 1.30 bits per heavy atom. The molecule has 0 fully saturated rings. The van der Waals surface area contributed by atoms with E-state index in [0.29, 0.717) is 16.7 Å². The summed E-state index contributed by atoms with van der Waals surface area (Å²) < 4.78 is 3.88. The molecule has 3 rings (SSSR count). The van der Waals surface area contributed by atoms with Crippen LogP contribution in [0.25, 0.3) is 11.4 Å². The van der Waals surface area contributed by atoms with Crippen LogP contribution in [0.5, 0.6) is 0 Å². The van der Waals surface area contributed by atoms with Crippen LogP contribution in [0.15, 0.2) is 52.9 Å². The van der Waals surface area contributed by atoms with Crippen molar-refractivity contribution >= 4 is 35.5 Å². The lowest BCUT2D eigenvalue weighted by Gasteiger charge is -2.07. The second-order valence-corrected chi connectivity index (χ2v) is 7.06. The minimum Gasteiger partial charge on any atom is -0.350 e. The van der Waals surface area contributed by atoms with Crippen molar-refractivity contribution < 1.29 is 4.79 Å². The van der Waals surface area contributed by atoms with E-state index in [9.17, 15) is 4.79 Å². The summed E-state index contributed by atoms with van der Waals surface area (Å²) in [6, 6.07) is 11.3. The Hall–Kier alpha value is -2.58. The number of carbonyl (C=O) groups excluding carboxylic acids is 1. The molecule has 0 aliphatic carbocycles. The highest BCUT2D eigenvalue weighted by molar-refractivity contribution is 7.99. The molecule has 1 aromatic carbocycles. The van der Waals surface area contributed by atoms with E-state index in [0.717, 1.165) is 17.1 Å². The van der Waals surface area contributed by atoms with Gasteiger partial charge in [-0.25, -0.2) is 5.43 Å². The number of hydrogen-bond donors (Lipinski definition) is 1. The van der Waals surface area contributed by atoms with E-state index in [2.05, 4.69) is 20.7 Å². The molecule has 7 nitrogen and oxygen atoms in total. The zero-order valence-corrected chi connectivity index (χ0v) is 16.5. The van der Waals surface area contributed by atoms with Crippen LogP contribution < -0.4 is 5.43 Å². The van der Waals surface area contributed by atoms with Gasteiger partial charge in [-0.15, -0.1) is 10.2 Å². The summed E-state index contributed by atoms with van der Waals surface area (Å²) in [4.78, 5) is 12.0. The van der Waals surface area contributed by atoms with Crippen molar-refractivity contribution in [1.82, 2.24) is 24.8 Å². The Morgan fingerprint density at radius 3 is 2.74 bits per heavy atom. The van der Waals surface area contributed by atoms with Gasteiger partial charge >= 0.3 is 0 Å². The third-order valence-corrected chi connectivity index (χ3v) is 5.06. The fourth-order valence-corrected chi connectivity index (χ4v) is 3.35. The molecule has 140 valence electrons. The standard InChI is InChI=1S/C18H19ClN6OS/c1-3-25-17(13-6-8-14(19)9-7-13)22-23-18(25)27-12-16(26)21-20-11-15-5-4-10-24(15)2/h4-11H,3,12H2,1-2H3,(H,21,26)/b20-11+. The van der Waals surface area contributed by atoms with E-state index in [1.807, 2.05) is 65.7 Å². The number of rotatable bonds is 7. The van der Waals surface area contributed by atoms with Gasteiger partial charge in [-0.2, -0.15) is 5.10 Å². The number of hydrazone groups is 1. The summed E-state index contributed by atoms with van der Waals surface area (Å²) in [6.45, 7) is 2.71. The topological polar surface area (TPSA) is 77.1 Å². The number of nitrogens with zero attached hydrogens (tertiary/aromatic N) is 5. The molecule has 1 amide bonds. The zero-order chi connectivity index (χ0) is 19.2. The molecule has 0 aliphatic rings. The SMILES string of the molecule is CCn1c(SCC(=O)N/N=C/c2cccn2C)nnc1-c1ccc(Cl)cc1. The van der Waals surface area contributed by atoms with Crippen molar-refractivity contribution in [2.75, 3.05) is 5.75 Å². The summed E-state index contributed by atoms with van der Waals surface area (Å²) in [5.41, 5.74) is 4.36. The molecular weight excluding hydrogens is 384 g/mol. The Labute approximate surface area is 166 Å². The fraction of sp³-hybridized carbons (Fsp3) is 0.222. The van der Waals surface area contributed by atoms with Gasteiger partial charge in [0.05, 0.1) is 17.7 Å². The molecule has 0 bridgehead atoms. The van der Waals surface area contributed by atoms with Gasteiger partial charge in [0.2, 0.25) is 0 Å². The molecular formula is C18H19ClN6OS. The van der Waals surface area contributed by atoms with Crippen LogP contribution in [0, 0.1) is 0 Å². The first kappa shape index (κ1) is 19.2. The molecule has 0 saturated carbocycles. The molecule has 0 unspecified atom stereocenters. The predicted octanol–water partition coefficient (Wildman–Crippen LogP) is 3.20. The summed E-state index contributed by atoms with van der Waals surface area (Å²) >= 11 is 7.26. The molecule has 1 N–H and O–H groups in total. The van der Waals surface area contributed by atoms with Crippen LogP contribution in [0.2, 0.25) is 5.02 Å². The molecule has 0 spiro atoms. The lowest BCUT2D eigenvalue weighted by Crippen LogP contribution is -2.20. The molecule has 0 saturated heterocycles. The number of aryl methyl sites for hydroxylation is 1. The Bertz CT molecular complexity index is 947. The van der Waals surface area contributed by atoms with Crippen LogP contribution in [0.4, 0.5) is 0 Å². The largest absolute Gasteiger partial charge is 0.350 e. The van der Waals surface area contributed by atoms with Crippen LogP contribution in [-0.2, 0) is 18.4 Å². The summed E-state index contributed by atoms with van der Waals surface area (Å²) in [5.74, 6) is 0.742.